The van der Waals surface area contributed by atoms with Crippen molar-refractivity contribution in [1.29, 1.82) is 0 Å². The molecule has 0 spiro atoms. The van der Waals surface area contributed by atoms with E-state index in [1.807, 2.05) is 6.92 Å². The van der Waals surface area contributed by atoms with Crippen LogP contribution in [0, 0.1) is 0 Å². The van der Waals surface area contributed by atoms with Crippen molar-refractivity contribution in [3.05, 3.63) is 72.7 Å². The molecule has 0 bridgehead atoms. The molecule has 3 aromatic rings. The number of anilines is 1. The third-order valence-corrected chi connectivity index (χ3v) is 5.41. The monoisotopic (exact) mass is 476 g/mol. The minimum atomic E-state index is -0.756. The number of rotatable bonds is 7. The minimum absolute atomic E-state index is 0.186. The number of carbonyl (C=O) groups is 2. The molecule has 32 heavy (non-hydrogen) atoms. The van der Waals surface area contributed by atoms with Gasteiger partial charge in [-0.05, 0) is 49.7 Å². The molecule has 0 atom stereocenters. The molecular formula is C22H22Cl2N4O4. The number of aromatic nitrogens is 2. The third kappa shape index (κ3) is 5.03. The summed E-state index contributed by atoms with van der Waals surface area (Å²) < 4.78 is 1.34. The van der Waals surface area contributed by atoms with E-state index >= 15 is 0 Å². The Morgan fingerprint density at radius 1 is 1.09 bits per heavy atom. The largest absolute Gasteiger partial charge is 0.329 e. The van der Waals surface area contributed by atoms with Crippen LogP contribution in [0.4, 0.5) is 5.69 Å². The van der Waals surface area contributed by atoms with Crippen molar-refractivity contribution in [1.82, 2.24) is 14.5 Å². The Morgan fingerprint density at radius 3 is 2.50 bits per heavy atom. The van der Waals surface area contributed by atoms with E-state index in [0.29, 0.717) is 51.8 Å². The minimum Gasteiger partial charge on any atom is -0.329 e. The Morgan fingerprint density at radius 2 is 1.84 bits per heavy atom. The van der Waals surface area contributed by atoms with Gasteiger partial charge in [-0.3, -0.25) is 19.2 Å². The van der Waals surface area contributed by atoms with E-state index in [1.165, 1.54) is 21.6 Å². The highest BCUT2D eigenvalue weighted by atomic mass is 35.5. The fourth-order valence-corrected chi connectivity index (χ4v) is 3.84. The number of hydrogen-bond acceptors (Lipinski definition) is 4. The zero-order chi connectivity index (χ0) is 23.4. The smallest absolute Gasteiger partial charge is 0.316 e. The van der Waals surface area contributed by atoms with E-state index in [9.17, 15) is 19.2 Å². The van der Waals surface area contributed by atoms with E-state index in [2.05, 4.69) is 10.3 Å². The fraction of sp³-hybridized carbons (Fsp3) is 0.273. The number of aromatic amines is 1. The number of fused-ring (bicyclic) bond motifs is 1. The van der Waals surface area contributed by atoms with E-state index < -0.39 is 17.0 Å². The maximum absolute atomic E-state index is 13.1. The van der Waals surface area contributed by atoms with Gasteiger partial charge in [-0.1, -0.05) is 30.1 Å². The Kier molecular flexibility index (Phi) is 7.37. The van der Waals surface area contributed by atoms with Crippen LogP contribution in [0.1, 0.15) is 30.6 Å². The predicted octanol–water partition coefficient (Wildman–Crippen LogP) is 3.51. The van der Waals surface area contributed by atoms with Gasteiger partial charge in [0.15, 0.2) is 0 Å². The first-order valence-corrected chi connectivity index (χ1v) is 10.8. The van der Waals surface area contributed by atoms with Crippen molar-refractivity contribution in [3.8, 4) is 0 Å². The summed E-state index contributed by atoms with van der Waals surface area (Å²) in [5, 5.41) is 3.42. The van der Waals surface area contributed by atoms with Gasteiger partial charge in [0, 0.05) is 23.7 Å². The molecule has 0 saturated heterocycles. The number of aryl methyl sites for hydroxylation is 1. The normalized spacial score (nSPS) is 10.9. The van der Waals surface area contributed by atoms with Crippen LogP contribution in [0.15, 0.2) is 46.0 Å². The molecule has 8 nitrogen and oxygen atoms in total. The first-order chi connectivity index (χ1) is 15.2. The molecule has 0 aliphatic carbocycles. The Balaban J connectivity index is 1.86. The van der Waals surface area contributed by atoms with Gasteiger partial charge in [0.1, 0.15) is 6.54 Å². The maximum Gasteiger partial charge on any atom is 0.316 e. The van der Waals surface area contributed by atoms with Crippen LogP contribution in [0.25, 0.3) is 11.0 Å². The second-order valence-electron chi connectivity index (χ2n) is 7.13. The molecule has 0 aliphatic rings. The molecule has 0 unspecified atom stereocenters. The van der Waals surface area contributed by atoms with E-state index in [1.54, 1.807) is 31.2 Å². The predicted molar refractivity (Wildman–Crippen MR) is 126 cm³/mol. The van der Waals surface area contributed by atoms with Crippen LogP contribution in [0.3, 0.4) is 0 Å². The van der Waals surface area contributed by atoms with Gasteiger partial charge in [0.05, 0.1) is 21.7 Å². The zero-order valence-electron chi connectivity index (χ0n) is 17.6. The quantitative estimate of drug-likeness (QED) is 0.509. The molecule has 0 radical (unpaired) electrons. The Hall–Kier alpha value is -3.10. The van der Waals surface area contributed by atoms with Crippen LogP contribution < -0.4 is 16.4 Å². The molecule has 1 heterocycles. The summed E-state index contributed by atoms with van der Waals surface area (Å²) in [6, 6.07) is 9.40. The van der Waals surface area contributed by atoms with Gasteiger partial charge >= 0.3 is 11.1 Å². The first-order valence-electron chi connectivity index (χ1n) is 10.1. The second-order valence-corrected chi connectivity index (χ2v) is 7.98. The number of carbonyl (C=O) groups excluding carboxylic acids is 2. The second kappa shape index (κ2) is 10.0. The number of hydrogen-bond donors (Lipinski definition) is 2. The highest BCUT2D eigenvalue weighted by Gasteiger charge is 2.20. The van der Waals surface area contributed by atoms with Crippen LogP contribution in [-0.2, 0) is 11.3 Å². The summed E-state index contributed by atoms with van der Waals surface area (Å²) in [7, 11) is 0. The number of benzene rings is 2. The fourth-order valence-electron chi connectivity index (χ4n) is 3.39. The maximum atomic E-state index is 13.1. The van der Waals surface area contributed by atoms with Crippen LogP contribution in [0.5, 0.6) is 0 Å². The molecule has 10 heteroatoms. The van der Waals surface area contributed by atoms with Crippen molar-refractivity contribution in [2.45, 2.75) is 26.8 Å². The van der Waals surface area contributed by atoms with Crippen LogP contribution in [0.2, 0.25) is 10.0 Å². The average Bonchev–Trinajstić information content (AvgIpc) is 2.75. The lowest BCUT2D eigenvalue weighted by atomic mass is 10.1. The summed E-state index contributed by atoms with van der Waals surface area (Å²) in [5.41, 5.74) is 0.172. The van der Waals surface area contributed by atoms with Crippen molar-refractivity contribution >= 4 is 51.7 Å². The Bertz CT molecular complexity index is 1300. The first kappa shape index (κ1) is 23.6. The molecule has 2 aromatic carbocycles. The van der Waals surface area contributed by atoms with Gasteiger partial charge in [-0.25, -0.2) is 0 Å². The van der Waals surface area contributed by atoms with E-state index in [-0.39, 0.29) is 12.5 Å². The summed E-state index contributed by atoms with van der Waals surface area (Å²) in [5.74, 6) is -0.786. The molecule has 3 rings (SSSR count). The zero-order valence-corrected chi connectivity index (χ0v) is 19.1. The van der Waals surface area contributed by atoms with Crippen LogP contribution in [-0.4, -0.2) is 39.4 Å². The van der Waals surface area contributed by atoms with Crippen molar-refractivity contribution < 1.29 is 9.59 Å². The van der Waals surface area contributed by atoms with Gasteiger partial charge in [0.25, 0.3) is 5.91 Å². The number of H-pyrrole nitrogens is 1. The molecular weight excluding hydrogens is 455 g/mol. The van der Waals surface area contributed by atoms with Gasteiger partial charge in [-0.2, -0.15) is 0 Å². The number of halogens is 2. The number of amides is 2. The molecule has 2 amide bonds. The van der Waals surface area contributed by atoms with Gasteiger partial charge in [-0.15, -0.1) is 0 Å². The molecule has 0 saturated carbocycles. The van der Waals surface area contributed by atoms with Crippen LogP contribution >= 0.6 is 23.2 Å². The lowest BCUT2D eigenvalue weighted by Crippen LogP contribution is -2.39. The topological polar surface area (TPSA) is 104 Å². The molecule has 0 aliphatic heterocycles. The summed E-state index contributed by atoms with van der Waals surface area (Å²) in [6.07, 6.45) is 0.639. The van der Waals surface area contributed by atoms with Crippen molar-refractivity contribution in [3.63, 3.8) is 0 Å². The summed E-state index contributed by atoms with van der Waals surface area (Å²) in [6.45, 7) is 4.14. The van der Waals surface area contributed by atoms with E-state index in [0.717, 1.165) is 0 Å². The molecule has 2 N–H and O–H groups in total. The lowest BCUT2D eigenvalue weighted by Gasteiger charge is -2.22. The number of nitrogens with zero attached hydrogens (tertiary/aromatic N) is 2. The SMILES string of the molecule is CCCN(CC(=O)Nc1ccc(Cl)cc1Cl)C(=O)c1ccc2c(c1)[nH]c(=O)c(=O)n2CC. The van der Waals surface area contributed by atoms with Crippen molar-refractivity contribution in [2.24, 2.45) is 0 Å². The summed E-state index contributed by atoms with van der Waals surface area (Å²) in [4.78, 5) is 53.6. The Labute approximate surface area is 193 Å². The third-order valence-electron chi connectivity index (χ3n) is 4.86. The highest BCUT2D eigenvalue weighted by Crippen LogP contribution is 2.25. The standard InChI is InChI=1S/C22H22Cl2N4O4/c1-3-9-27(12-19(29)25-16-7-6-14(23)11-15(16)24)21(31)13-5-8-18-17(10-13)26-20(30)22(32)28(18)4-2/h5-8,10-11H,3-4,9,12H2,1-2H3,(H,25,29)(H,26,30). The molecule has 168 valence electrons. The summed E-state index contributed by atoms with van der Waals surface area (Å²) >= 11 is 12.0. The van der Waals surface area contributed by atoms with Crippen molar-refractivity contribution in [2.75, 3.05) is 18.4 Å². The van der Waals surface area contributed by atoms with Gasteiger partial charge < -0.3 is 19.8 Å². The molecule has 1 aromatic heterocycles. The molecule has 0 fully saturated rings. The lowest BCUT2D eigenvalue weighted by molar-refractivity contribution is -0.116. The number of nitrogens with one attached hydrogen (secondary N) is 2. The van der Waals surface area contributed by atoms with Gasteiger partial charge in [0.2, 0.25) is 5.91 Å². The van der Waals surface area contributed by atoms with E-state index in [4.69, 9.17) is 23.2 Å². The average molecular weight is 477 g/mol. The highest BCUT2D eigenvalue weighted by molar-refractivity contribution is 6.36.